The number of oxazole rings is 2. The van der Waals surface area contributed by atoms with Gasteiger partial charge in [-0.2, -0.15) is 13.2 Å². The molecule has 196 valence electrons. The molecule has 3 aromatic rings. The summed E-state index contributed by atoms with van der Waals surface area (Å²) in [5, 5.41) is 5.06. The predicted molar refractivity (Wildman–Crippen MR) is 123 cm³/mol. The van der Waals surface area contributed by atoms with E-state index in [4.69, 9.17) is 13.8 Å². The van der Waals surface area contributed by atoms with Gasteiger partial charge in [-0.15, -0.1) is 0 Å². The lowest BCUT2D eigenvalue weighted by molar-refractivity contribution is -0.149. The average molecular weight is 518 g/mol. The molecule has 2 unspecified atom stereocenters. The molecule has 0 spiro atoms. The van der Waals surface area contributed by atoms with E-state index in [1.807, 2.05) is 5.32 Å². The first-order valence-electron chi connectivity index (χ1n) is 12.4. The molecule has 0 bridgehead atoms. The number of nitrogens with zero attached hydrogens (tertiary/aromatic N) is 3. The first kappa shape index (κ1) is 23.8. The maximum absolute atomic E-state index is 13.1. The SMILES string of the molecule is Cc1ncoc1C(=O)NC(c1nc2cc(CN3CC(C(F)(F)F)NC3=O)ccc2o1)C(C1CC1)C1CC1. The van der Waals surface area contributed by atoms with Gasteiger partial charge in [0.15, 0.2) is 12.0 Å². The second-order valence-corrected chi connectivity index (χ2v) is 10.2. The monoisotopic (exact) mass is 517 g/mol. The molecule has 2 N–H and O–H groups in total. The molecule has 3 fully saturated rings. The number of benzene rings is 1. The highest BCUT2D eigenvalue weighted by Crippen LogP contribution is 2.54. The van der Waals surface area contributed by atoms with Crippen LogP contribution in [0, 0.1) is 24.7 Å². The molecule has 2 atom stereocenters. The van der Waals surface area contributed by atoms with Crippen molar-refractivity contribution in [1.82, 2.24) is 25.5 Å². The van der Waals surface area contributed by atoms with E-state index in [-0.39, 0.29) is 24.1 Å². The summed E-state index contributed by atoms with van der Waals surface area (Å²) in [4.78, 5) is 34.9. The Morgan fingerprint density at radius 1 is 1.24 bits per heavy atom. The van der Waals surface area contributed by atoms with E-state index in [1.54, 1.807) is 25.1 Å². The Balaban J connectivity index is 1.26. The number of hydrogen-bond acceptors (Lipinski definition) is 6. The molecule has 3 aliphatic rings. The third-order valence-electron chi connectivity index (χ3n) is 7.45. The highest BCUT2D eigenvalue weighted by molar-refractivity contribution is 5.92. The second-order valence-electron chi connectivity index (χ2n) is 10.2. The normalized spacial score (nSPS) is 21.1. The number of carbonyl (C=O) groups is 2. The summed E-state index contributed by atoms with van der Waals surface area (Å²) in [6, 6.07) is 2.01. The smallest absolute Gasteiger partial charge is 0.410 e. The Hall–Kier alpha value is -3.57. The van der Waals surface area contributed by atoms with Crippen LogP contribution in [0.2, 0.25) is 0 Å². The molecule has 3 heterocycles. The number of urea groups is 1. The van der Waals surface area contributed by atoms with Crippen molar-refractivity contribution in [2.24, 2.45) is 17.8 Å². The van der Waals surface area contributed by atoms with Crippen LogP contribution < -0.4 is 10.6 Å². The number of carbonyl (C=O) groups excluding carboxylic acids is 2. The molecular weight excluding hydrogens is 491 g/mol. The van der Waals surface area contributed by atoms with Crippen LogP contribution in [0.3, 0.4) is 0 Å². The van der Waals surface area contributed by atoms with Crippen LogP contribution >= 0.6 is 0 Å². The Bertz CT molecular complexity index is 1330. The van der Waals surface area contributed by atoms with Gasteiger partial charge in [0.05, 0.1) is 12.2 Å². The standard InChI is InChI=1S/C25H26F3N5O4/c1-12-21(36-11-29-12)22(34)32-20(19(14-3-4-14)15-5-6-15)23-30-16-8-13(2-7-17(16)37-23)9-33-10-18(25(26,27)28)31-24(33)35/h2,7-8,11,14-15,18-20H,3-6,9-10H2,1H3,(H,31,35)(H,32,34). The van der Waals surface area contributed by atoms with Crippen molar-refractivity contribution >= 4 is 23.0 Å². The van der Waals surface area contributed by atoms with Crippen LogP contribution in [0.1, 0.15) is 59.4 Å². The topological polar surface area (TPSA) is 114 Å². The zero-order chi connectivity index (χ0) is 25.9. The Kier molecular flexibility index (Phi) is 5.64. The number of alkyl halides is 3. The van der Waals surface area contributed by atoms with Crippen LogP contribution in [0.25, 0.3) is 11.1 Å². The molecule has 1 saturated heterocycles. The van der Waals surface area contributed by atoms with Crippen LogP contribution in [-0.4, -0.2) is 45.6 Å². The maximum atomic E-state index is 13.1. The van der Waals surface area contributed by atoms with Gasteiger partial charge in [0.25, 0.3) is 5.91 Å². The number of halogens is 3. The molecule has 9 nitrogen and oxygen atoms in total. The molecule has 37 heavy (non-hydrogen) atoms. The van der Waals surface area contributed by atoms with Gasteiger partial charge in [-0.3, -0.25) is 4.79 Å². The molecule has 0 radical (unpaired) electrons. The minimum atomic E-state index is -4.50. The van der Waals surface area contributed by atoms with Crippen molar-refractivity contribution in [3.8, 4) is 0 Å². The van der Waals surface area contributed by atoms with Crippen LogP contribution in [0.15, 0.2) is 33.4 Å². The number of aryl methyl sites for hydroxylation is 1. The Labute approximate surface area is 209 Å². The largest absolute Gasteiger partial charge is 0.438 e. The van der Waals surface area contributed by atoms with E-state index < -0.39 is 30.8 Å². The molecule has 6 rings (SSSR count). The highest BCUT2D eigenvalue weighted by atomic mass is 19.4. The zero-order valence-corrected chi connectivity index (χ0v) is 20.0. The number of hydrogen-bond donors (Lipinski definition) is 2. The molecule has 2 aromatic heterocycles. The third-order valence-corrected chi connectivity index (χ3v) is 7.45. The summed E-state index contributed by atoms with van der Waals surface area (Å²) in [7, 11) is 0. The van der Waals surface area contributed by atoms with Crippen LogP contribution in [-0.2, 0) is 6.54 Å². The molecule has 1 aromatic carbocycles. The van der Waals surface area contributed by atoms with Crippen molar-refractivity contribution in [1.29, 1.82) is 0 Å². The van der Waals surface area contributed by atoms with E-state index in [1.165, 1.54) is 6.39 Å². The van der Waals surface area contributed by atoms with E-state index in [2.05, 4.69) is 10.3 Å². The fourth-order valence-corrected chi connectivity index (χ4v) is 5.29. The van der Waals surface area contributed by atoms with Gasteiger partial charge >= 0.3 is 12.2 Å². The molecule has 1 aliphatic heterocycles. The number of rotatable bonds is 8. The van der Waals surface area contributed by atoms with Crippen LogP contribution in [0.4, 0.5) is 18.0 Å². The van der Waals surface area contributed by atoms with Gasteiger partial charge < -0.3 is 24.4 Å². The maximum Gasteiger partial charge on any atom is 0.410 e. The first-order chi connectivity index (χ1) is 17.7. The van der Waals surface area contributed by atoms with Gasteiger partial charge in [-0.05, 0) is 68.1 Å². The quantitative estimate of drug-likeness (QED) is 0.455. The fourth-order valence-electron chi connectivity index (χ4n) is 5.29. The summed E-state index contributed by atoms with van der Waals surface area (Å²) in [5.41, 5.74) is 2.13. The Morgan fingerprint density at radius 3 is 2.57 bits per heavy atom. The van der Waals surface area contributed by atoms with Crippen LogP contribution in [0.5, 0.6) is 0 Å². The van der Waals surface area contributed by atoms with Gasteiger partial charge in [0.1, 0.15) is 17.6 Å². The van der Waals surface area contributed by atoms with Crippen molar-refractivity contribution < 1.29 is 31.6 Å². The van der Waals surface area contributed by atoms with E-state index in [9.17, 15) is 22.8 Å². The summed E-state index contributed by atoms with van der Waals surface area (Å²) in [6.45, 7) is 1.25. The summed E-state index contributed by atoms with van der Waals surface area (Å²) >= 11 is 0. The zero-order valence-electron chi connectivity index (χ0n) is 20.0. The number of aromatic nitrogens is 2. The van der Waals surface area contributed by atoms with Gasteiger partial charge in [0.2, 0.25) is 11.7 Å². The van der Waals surface area contributed by atoms with E-state index >= 15 is 0 Å². The lowest BCUT2D eigenvalue weighted by atomic mass is 9.89. The minimum Gasteiger partial charge on any atom is -0.438 e. The first-order valence-corrected chi connectivity index (χ1v) is 12.4. The highest BCUT2D eigenvalue weighted by Gasteiger charge is 2.49. The number of nitrogens with one attached hydrogen (secondary N) is 2. The van der Waals surface area contributed by atoms with Crippen molar-refractivity contribution in [2.45, 2.75) is 57.4 Å². The lowest BCUT2D eigenvalue weighted by Gasteiger charge is -2.25. The third kappa shape index (κ3) is 4.76. The Morgan fingerprint density at radius 2 is 1.97 bits per heavy atom. The fraction of sp³-hybridized carbons (Fsp3) is 0.520. The average Bonchev–Trinajstić information content (AvgIpc) is 3.74. The van der Waals surface area contributed by atoms with Gasteiger partial charge in [-0.25, -0.2) is 14.8 Å². The van der Waals surface area contributed by atoms with E-state index in [0.29, 0.717) is 40.1 Å². The summed E-state index contributed by atoms with van der Waals surface area (Å²) < 4.78 is 50.5. The molecule has 2 aliphatic carbocycles. The molecule has 2 saturated carbocycles. The molecule has 12 heteroatoms. The predicted octanol–water partition coefficient (Wildman–Crippen LogP) is 4.49. The second kappa shape index (κ2) is 8.77. The summed E-state index contributed by atoms with van der Waals surface area (Å²) in [6.07, 6.45) is 1.11. The van der Waals surface area contributed by atoms with Gasteiger partial charge in [0, 0.05) is 6.54 Å². The summed E-state index contributed by atoms with van der Waals surface area (Å²) in [5.74, 6) is 1.30. The molecule has 3 amide bonds. The number of fused-ring (bicyclic) bond motifs is 1. The van der Waals surface area contributed by atoms with Crippen molar-refractivity contribution in [3.05, 3.63) is 47.5 Å². The molecular formula is C25H26F3N5O4. The van der Waals surface area contributed by atoms with Crippen molar-refractivity contribution in [3.63, 3.8) is 0 Å². The lowest BCUT2D eigenvalue weighted by Crippen LogP contribution is -2.40. The van der Waals surface area contributed by atoms with Gasteiger partial charge in [-0.1, -0.05) is 6.07 Å². The minimum absolute atomic E-state index is 0.00819. The van der Waals surface area contributed by atoms with E-state index in [0.717, 1.165) is 30.6 Å². The number of amides is 3. The van der Waals surface area contributed by atoms with Crippen molar-refractivity contribution in [2.75, 3.05) is 6.54 Å².